The molecule has 0 fully saturated rings. The van der Waals surface area contributed by atoms with Crippen molar-refractivity contribution in [3.63, 3.8) is 0 Å². The average Bonchev–Trinajstić information content (AvgIpc) is 1.38. The monoisotopic (exact) mass is 133 g/mol. The van der Waals surface area contributed by atoms with Gasteiger partial charge in [-0.05, 0) is 0 Å². The molecule has 0 aliphatic heterocycles. The van der Waals surface area contributed by atoms with Crippen LogP contribution < -0.4 is 0 Å². The first-order valence-corrected chi connectivity index (χ1v) is 2.85. The molecule has 0 saturated carbocycles. The minimum absolute atomic E-state index is 1.08. The second-order valence-electron chi connectivity index (χ2n) is 1.22. The second kappa shape index (κ2) is 2.74. The fraction of sp³-hybridized carbons (Fsp3) is 1.00. The summed E-state index contributed by atoms with van der Waals surface area (Å²) in [7, 11) is 4.08. The van der Waals surface area contributed by atoms with Gasteiger partial charge in [0.25, 0.3) is 0 Å². The van der Waals surface area contributed by atoms with Crippen LogP contribution in [-0.2, 0) is 0 Å². The van der Waals surface area contributed by atoms with E-state index in [2.05, 4.69) is 21.8 Å². The summed E-state index contributed by atoms with van der Waals surface area (Å²) < 4.78 is 0. The van der Waals surface area contributed by atoms with Crippen LogP contribution in [0.3, 0.4) is 0 Å². The van der Waals surface area contributed by atoms with Crippen molar-refractivity contribution in [3.8, 4) is 0 Å². The fourth-order valence-corrected chi connectivity index (χ4v) is 0. The summed E-state index contributed by atoms with van der Waals surface area (Å²) in [6, 6.07) is 0. The third-order valence-corrected chi connectivity index (χ3v) is 1.47. The Bertz CT molecular complexity index is 20.9. The zero-order chi connectivity index (χ0) is 4.28. The van der Waals surface area contributed by atoms with Crippen LogP contribution in [0.1, 0.15) is 0 Å². The van der Waals surface area contributed by atoms with E-state index < -0.39 is 0 Å². The van der Waals surface area contributed by atoms with Crippen LogP contribution in [0.4, 0.5) is 0 Å². The molecule has 0 aromatic heterocycles. The van der Waals surface area contributed by atoms with Gasteiger partial charge in [0.2, 0.25) is 0 Å². The average molecular weight is 133 g/mol. The fourth-order valence-electron chi connectivity index (χ4n) is 0. The van der Waals surface area contributed by atoms with E-state index in [1.807, 2.05) is 14.1 Å². The SMILES string of the molecule is CN(C)C[As]. The molecule has 0 rings (SSSR count). The van der Waals surface area contributed by atoms with Crippen molar-refractivity contribution < 1.29 is 0 Å². The number of hydrogen-bond acceptors (Lipinski definition) is 1. The molecule has 0 aromatic carbocycles. The van der Waals surface area contributed by atoms with Crippen molar-refractivity contribution in [1.29, 1.82) is 0 Å². The molecule has 0 bridgehead atoms. The van der Waals surface area contributed by atoms with Gasteiger partial charge in [-0.2, -0.15) is 0 Å². The predicted molar refractivity (Wildman–Crippen MR) is 24.3 cm³/mol. The Labute approximate surface area is 41.8 Å². The zero-order valence-corrected chi connectivity index (χ0v) is 5.48. The van der Waals surface area contributed by atoms with Crippen molar-refractivity contribution in [2.75, 3.05) is 19.4 Å². The maximum absolute atomic E-state index is 2.50. The van der Waals surface area contributed by atoms with Gasteiger partial charge < -0.3 is 0 Å². The van der Waals surface area contributed by atoms with Crippen LogP contribution in [0.2, 0.25) is 0 Å². The Morgan fingerprint density at radius 2 is 1.80 bits per heavy atom. The van der Waals surface area contributed by atoms with Gasteiger partial charge in [0.05, 0.1) is 0 Å². The van der Waals surface area contributed by atoms with Crippen LogP contribution in [0.25, 0.3) is 0 Å². The topological polar surface area (TPSA) is 3.24 Å². The summed E-state index contributed by atoms with van der Waals surface area (Å²) in [4.78, 5) is 2.10. The van der Waals surface area contributed by atoms with Gasteiger partial charge in [0.1, 0.15) is 0 Å². The van der Waals surface area contributed by atoms with Gasteiger partial charge in [-0.15, -0.1) is 0 Å². The van der Waals surface area contributed by atoms with Crippen molar-refractivity contribution in [1.82, 2.24) is 4.90 Å². The van der Waals surface area contributed by atoms with E-state index >= 15 is 0 Å². The molecule has 0 saturated heterocycles. The van der Waals surface area contributed by atoms with Crippen molar-refractivity contribution in [2.45, 2.75) is 0 Å². The van der Waals surface area contributed by atoms with Gasteiger partial charge in [-0.1, -0.05) is 0 Å². The Balaban J connectivity index is 2.54. The third-order valence-electron chi connectivity index (χ3n) is 0.283. The van der Waals surface area contributed by atoms with Crippen LogP contribution in [0, 0.1) is 0 Å². The molecular weight excluding hydrogens is 125 g/mol. The molecule has 2 radical (unpaired) electrons. The predicted octanol–water partition coefficient (Wildman–Crippen LogP) is -0.326. The molecular formula is C3H8AsN. The Morgan fingerprint density at radius 1 is 1.60 bits per heavy atom. The molecule has 1 nitrogen and oxygen atoms in total. The molecule has 0 heterocycles. The Morgan fingerprint density at radius 3 is 1.80 bits per heavy atom. The van der Waals surface area contributed by atoms with Crippen LogP contribution >= 0.6 is 0 Å². The quantitative estimate of drug-likeness (QED) is 0.443. The zero-order valence-electron chi connectivity index (χ0n) is 3.60. The van der Waals surface area contributed by atoms with Crippen LogP contribution in [0.15, 0.2) is 0 Å². The van der Waals surface area contributed by atoms with E-state index in [-0.39, 0.29) is 0 Å². The molecule has 0 aromatic rings. The summed E-state index contributed by atoms with van der Waals surface area (Å²) in [5, 5.41) is 1.08. The number of hydrogen-bond donors (Lipinski definition) is 0. The summed E-state index contributed by atoms with van der Waals surface area (Å²) in [6.07, 6.45) is 0. The molecule has 30 valence electrons. The van der Waals surface area contributed by atoms with Gasteiger partial charge in [-0.3, -0.25) is 0 Å². The van der Waals surface area contributed by atoms with E-state index in [9.17, 15) is 0 Å². The molecule has 0 atom stereocenters. The van der Waals surface area contributed by atoms with Gasteiger partial charge >= 0.3 is 41.2 Å². The minimum atomic E-state index is 1.08. The van der Waals surface area contributed by atoms with E-state index in [1.54, 1.807) is 0 Å². The molecule has 2 heteroatoms. The first-order valence-electron chi connectivity index (χ1n) is 1.53. The van der Waals surface area contributed by atoms with E-state index in [0.29, 0.717) is 0 Å². The summed E-state index contributed by atoms with van der Waals surface area (Å²) in [6.45, 7) is 0. The standard InChI is InChI=1S/C3H8AsN/c1-5(2)3-4/h3H2,1-2H3. The van der Waals surface area contributed by atoms with Crippen molar-refractivity contribution in [3.05, 3.63) is 0 Å². The molecule has 5 heavy (non-hydrogen) atoms. The first-order chi connectivity index (χ1) is 2.27. The molecule has 0 unspecified atom stereocenters. The van der Waals surface area contributed by atoms with Crippen molar-refractivity contribution >= 4 is 16.9 Å². The van der Waals surface area contributed by atoms with E-state index in [4.69, 9.17) is 0 Å². The van der Waals surface area contributed by atoms with E-state index in [0.717, 1.165) is 5.33 Å². The second-order valence-corrected chi connectivity index (χ2v) is 1.81. The molecule has 0 N–H and O–H groups in total. The Hall–Kier alpha value is 0.518. The normalized spacial score (nSPS) is 9.60. The van der Waals surface area contributed by atoms with Crippen LogP contribution in [0.5, 0.6) is 0 Å². The van der Waals surface area contributed by atoms with Crippen LogP contribution in [-0.4, -0.2) is 41.2 Å². The van der Waals surface area contributed by atoms with Gasteiger partial charge in [0.15, 0.2) is 0 Å². The molecule has 0 spiro atoms. The maximum atomic E-state index is 2.50. The van der Waals surface area contributed by atoms with Crippen molar-refractivity contribution in [2.24, 2.45) is 0 Å². The molecule has 0 amide bonds. The summed E-state index contributed by atoms with van der Waals surface area (Å²) >= 11 is 2.50. The van der Waals surface area contributed by atoms with Gasteiger partial charge in [-0.25, -0.2) is 0 Å². The Kier molecular flexibility index (Phi) is 3.02. The number of nitrogens with zero attached hydrogens (tertiary/aromatic N) is 1. The third kappa shape index (κ3) is 4.52. The van der Waals surface area contributed by atoms with Gasteiger partial charge in [0, 0.05) is 0 Å². The summed E-state index contributed by atoms with van der Waals surface area (Å²) in [5.41, 5.74) is 0. The van der Waals surface area contributed by atoms with E-state index in [1.165, 1.54) is 0 Å². The first kappa shape index (κ1) is 5.52. The molecule has 0 aliphatic carbocycles. The molecule has 0 aliphatic rings. The number of rotatable bonds is 1. The summed E-state index contributed by atoms with van der Waals surface area (Å²) in [5.74, 6) is 0.